The van der Waals surface area contributed by atoms with Crippen LogP contribution in [-0.2, 0) is 11.2 Å². The van der Waals surface area contributed by atoms with E-state index in [1.54, 1.807) is 24.5 Å². The maximum Gasteiger partial charge on any atom is 0.154 e. The van der Waals surface area contributed by atoms with Gasteiger partial charge in [-0.15, -0.1) is 0 Å². The number of rotatable bonds is 5. The van der Waals surface area contributed by atoms with Gasteiger partial charge in [-0.1, -0.05) is 28.1 Å². The zero-order chi connectivity index (χ0) is 13.7. The van der Waals surface area contributed by atoms with Crippen molar-refractivity contribution < 1.29 is 9.21 Å². The van der Waals surface area contributed by atoms with Crippen molar-refractivity contribution >= 4 is 21.7 Å². The molecule has 1 atom stereocenters. The highest BCUT2D eigenvalue weighted by Gasteiger charge is 2.20. The maximum absolute atomic E-state index is 12.1. The molecule has 1 aromatic heterocycles. The molecule has 0 aliphatic carbocycles. The third kappa shape index (κ3) is 3.55. The first kappa shape index (κ1) is 13.6. The molecule has 96 valence electrons. The number of ketones is 1. The summed E-state index contributed by atoms with van der Waals surface area (Å²) in [5, 5.41) is 9.19. The van der Waals surface area contributed by atoms with E-state index in [1.165, 1.54) is 0 Å². The molecule has 1 heterocycles. The van der Waals surface area contributed by atoms with Gasteiger partial charge in [-0.05, 0) is 29.8 Å². The SMILES string of the molecule is N#CC(C(=O)CCc1ccco1)c1cccc(Br)c1. The minimum Gasteiger partial charge on any atom is -0.469 e. The number of benzene rings is 1. The van der Waals surface area contributed by atoms with Crippen molar-refractivity contribution in [2.24, 2.45) is 0 Å². The second kappa shape index (κ2) is 6.35. The van der Waals surface area contributed by atoms with Crippen LogP contribution in [0, 0.1) is 11.3 Å². The molecule has 2 rings (SSSR count). The van der Waals surface area contributed by atoms with E-state index in [4.69, 9.17) is 4.42 Å². The van der Waals surface area contributed by atoms with E-state index in [0.29, 0.717) is 12.8 Å². The normalized spacial score (nSPS) is 11.8. The van der Waals surface area contributed by atoms with Crippen molar-refractivity contribution in [3.63, 3.8) is 0 Å². The molecule has 0 amide bonds. The van der Waals surface area contributed by atoms with Gasteiger partial charge in [0, 0.05) is 17.3 Å². The fraction of sp³-hybridized carbons (Fsp3) is 0.200. The van der Waals surface area contributed by atoms with Gasteiger partial charge in [0.05, 0.1) is 12.3 Å². The lowest BCUT2D eigenvalue weighted by Gasteiger charge is -2.08. The zero-order valence-corrected chi connectivity index (χ0v) is 11.8. The van der Waals surface area contributed by atoms with Crippen LogP contribution in [0.25, 0.3) is 0 Å². The maximum atomic E-state index is 12.1. The average Bonchev–Trinajstić information content (AvgIpc) is 2.90. The van der Waals surface area contributed by atoms with Crippen molar-refractivity contribution in [3.8, 4) is 6.07 Å². The first-order valence-electron chi connectivity index (χ1n) is 5.91. The van der Waals surface area contributed by atoms with Gasteiger partial charge in [-0.3, -0.25) is 4.79 Å². The van der Waals surface area contributed by atoms with Crippen LogP contribution < -0.4 is 0 Å². The Morgan fingerprint density at radius 1 is 1.37 bits per heavy atom. The van der Waals surface area contributed by atoms with Gasteiger partial charge < -0.3 is 4.42 Å². The summed E-state index contributed by atoms with van der Waals surface area (Å²) in [6.45, 7) is 0. The fourth-order valence-electron chi connectivity index (χ4n) is 1.86. The molecular formula is C15H12BrNO2. The third-order valence-corrected chi connectivity index (χ3v) is 3.32. The lowest BCUT2D eigenvalue weighted by atomic mass is 9.93. The van der Waals surface area contributed by atoms with E-state index >= 15 is 0 Å². The van der Waals surface area contributed by atoms with Crippen LogP contribution >= 0.6 is 15.9 Å². The topological polar surface area (TPSA) is 54.0 Å². The highest BCUT2D eigenvalue weighted by Crippen LogP contribution is 2.22. The molecule has 1 unspecified atom stereocenters. The summed E-state index contributed by atoms with van der Waals surface area (Å²) in [6, 6.07) is 13.0. The van der Waals surface area contributed by atoms with E-state index in [2.05, 4.69) is 22.0 Å². The van der Waals surface area contributed by atoms with Gasteiger partial charge >= 0.3 is 0 Å². The monoisotopic (exact) mass is 317 g/mol. The van der Waals surface area contributed by atoms with Crippen LogP contribution in [-0.4, -0.2) is 5.78 Å². The number of hydrogen-bond donors (Lipinski definition) is 0. The van der Waals surface area contributed by atoms with Crippen molar-refractivity contribution in [3.05, 3.63) is 58.5 Å². The molecular weight excluding hydrogens is 306 g/mol. The fourth-order valence-corrected chi connectivity index (χ4v) is 2.28. The molecule has 0 bridgehead atoms. The lowest BCUT2D eigenvalue weighted by molar-refractivity contribution is -0.119. The number of Topliss-reactive ketones (excluding diaryl/α,β-unsaturated/α-hetero) is 1. The highest BCUT2D eigenvalue weighted by molar-refractivity contribution is 9.10. The Hall–Kier alpha value is -1.86. The summed E-state index contributed by atoms with van der Waals surface area (Å²) in [5.41, 5.74) is 0.723. The number of aryl methyl sites for hydroxylation is 1. The number of carbonyl (C=O) groups is 1. The number of carbonyl (C=O) groups excluding carboxylic acids is 1. The predicted octanol–water partition coefficient (Wildman–Crippen LogP) is 3.85. The molecule has 0 saturated carbocycles. The van der Waals surface area contributed by atoms with Crippen LogP contribution in [0.5, 0.6) is 0 Å². The van der Waals surface area contributed by atoms with Crippen LogP contribution in [0.1, 0.15) is 23.7 Å². The van der Waals surface area contributed by atoms with Gasteiger partial charge in [0.2, 0.25) is 0 Å². The van der Waals surface area contributed by atoms with Gasteiger partial charge in [-0.2, -0.15) is 5.26 Å². The van der Waals surface area contributed by atoms with Crippen LogP contribution in [0.15, 0.2) is 51.6 Å². The summed E-state index contributed by atoms with van der Waals surface area (Å²) in [5.74, 6) is -0.0382. The Morgan fingerprint density at radius 3 is 2.84 bits per heavy atom. The standard InChI is InChI=1S/C15H12BrNO2/c16-12-4-1-3-11(9-12)14(10-17)15(18)7-6-13-5-2-8-19-13/h1-5,8-9,14H,6-7H2. The highest BCUT2D eigenvalue weighted by atomic mass is 79.9. The molecule has 0 N–H and O–H groups in total. The first-order valence-corrected chi connectivity index (χ1v) is 6.70. The third-order valence-electron chi connectivity index (χ3n) is 2.83. The molecule has 2 aromatic rings. The summed E-state index contributed by atoms with van der Waals surface area (Å²) in [6.07, 6.45) is 2.41. The number of halogens is 1. The Morgan fingerprint density at radius 2 is 2.21 bits per heavy atom. The van der Waals surface area contributed by atoms with Crippen LogP contribution in [0.4, 0.5) is 0 Å². The Labute approximate surface area is 120 Å². The second-order valence-corrected chi connectivity index (χ2v) is 5.08. The minimum absolute atomic E-state index is 0.0861. The molecule has 0 saturated heterocycles. The molecule has 0 aliphatic heterocycles. The summed E-state index contributed by atoms with van der Waals surface area (Å²) in [7, 11) is 0. The summed E-state index contributed by atoms with van der Waals surface area (Å²) in [4.78, 5) is 12.1. The molecule has 1 aromatic carbocycles. The average molecular weight is 318 g/mol. The van der Waals surface area contributed by atoms with E-state index < -0.39 is 5.92 Å². The summed E-state index contributed by atoms with van der Waals surface area (Å²) >= 11 is 3.34. The molecule has 4 heteroatoms. The van der Waals surface area contributed by atoms with Gasteiger partial charge in [-0.25, -0.2) is 0 Å². The van der Waals surface area contributed by atoms with Crippen molar-refractivity contribution in [1.82, 2.24) is 0 Å². The molecule has 3 nitrogen and oxygen atoms in total. The van der Waals surface area contributed by atoms with Crippen molar-refractivity contribution in [2.75, 3.05) is 0 Å². The Bertz CT molecular complexity index is 599. The second-order valence-electron chi connectivity index (χ2n) is 4.16. The molecule has 0 radical (unpaired) electrons. The molecule has 0 aliphatic rings. The lowest BCUT2D eigenvalue weighted by Crippen LogP contribution is -2.11. The molecule has 0 fully saturated rings. The molecule has 19 heavy (non-hydrogen) atoms. The predicted molar refractivity (Wildman–Crippen MR) is 74.5 cm³/mol. The Kier molecular flexibility index (Phi) is 4.53. The number of hydrogen-bond acceptors (Lipinski definition) is 3. The number of nitriles is 1. The van der Waals surface area contributed by atoms with E-state index in [9.17, 15) is 10.1 Å². The quantitative estimate of drug-likeness (QED) is 0.841. The Balaban J connectivity index is 2.05. The van der Waals surface area contributed by atoms with E-state index in [1.807, 2.05) is 18.2 Å². The zero-order valence-electron chi connectivity index (χ0n) is 10.2. The molecule has 0 spiro atoms. The van der Waals surface area contributed by atoms with Gasteiger partial charge in [0.1, 0.15) is 11.7 Å². The number of furan rings is 1. The summed E-state index contributed by atoms with van der Waals surface area (Å²) < 4.78 is 6.04. The van der Waals surface area contributed by atoms with Crippen LogP contribution in [0.3, 0.4) is 0 Å². The van der Waals surface area contributed by atoms with Crippen molar-refractivity contribution in [1.29, 1.82) is 5.26 Å². The first-order chi connectivity index (χ1) is 9.20. The van der Waals surface area contributed by atoms with Crippen LogP contribution in [0.2, 0.25) is 0 Å². The van der Waals surface area contributed by atoms with Gasteiger partial charge in [0.25, 0.3) is 0 Å². The number of nitrogens with zero attached hydrogens (tertiary/aromatic N) is 1. The largest absolute Gasteiger partial charge is 0.469 e. The van der Waals surface area contributed by atoms with Crippen molar-refractivity contribution in [2.45, 2.75) is 18.8 Å². The smallest absolute Gasteiger partial charge is 0.154 e. The van der Waals surface area contributed by atoms with Gasteiger partial charge in [0.15, 0.2) is 5.78 Å². The van der Waals surface area contributed by atoms with E-state index in [0.717, 1.165) is 15.8 Å². The minimum atomic E-state index is -0.715. The van der Waals surface area contributed by atoms with E-state index in [-0.39, 0.29) is 5.78 Å².